The van der Waals surface area contributed by atoms with Gasteiger partial charge in [0.1, 0.15) is 0 Å². The molecule has 0 amide bonds. The van der Waals surface area contributed by atoms with Crippen LogP contribution in [0.15, 0.2) is 18.2 Å². The molecule has 4 heterocycles. The number of morpholine rings is 1. The number of benzene rings is 1. The average Bonchev–Trinajstić information content (AvgIpc) is 2.99. The Balaban J connectivity index is 1.35. The molecule has 3 aliphatic heterocycles. The van der Waals surface area contributed by atoms with Crippen LogP contribution in [-0.4, -0.2) is 54.9 Å². The summed E-state index contributed by atoms with van der Waals surface area (Å²) in [5.74, 6) is 0.850. The van der Waals surface area contributed by atoms with Crippen molar-refractivity contribution in [1.82, 2.24) is 9.80 Å². The first-order valence-electron chi connectivity index (χ1n) is 10.3. The van der Waals surface area contributed by atoms with E-state index in [4.69, 9.17) is 9.47 Å². The summed E-state index contributed by atoms with van der Waals surface area (Å²) in [5, 5.41) is 10.3. The highest BCUT2D eigenvalue weighted by Gasteiger charge is 2.32. The number of thiophene rings is 1. The smallest absolute Gasteiger partial charge is 0.160 e. The second-order valence-electron chi connectivity index (χ2n) is 8.05. The molecule has 1 aromatic carbocycles. The zero-order valence-electron chi connectivity index (χ0n) is 16.4. The van der Waals surface area contributed by atoms with Crippen LogP contribution in [0, 0.1) is 0 Å². The molecule has 1 N–H and O–H groups in total. The van der Waals surface area contributed by atoms with Gasteiger partial charge in [-0.25, -0.2) is 0 Å². The van der Waals surface area contributed by atoms with Crippen molar-refractivity contribution >= 4 is 11.3 Å². The second kappa shape index (κ2) is 7.67. The first-order valence-corrected chi connectivity index (χ1v) is 11.1. The van der Waals surface area contributed by atoms with E-state index in [0.717, 1.165) is 65.2 Å². The molecule has 1 atom stereocenters. The van der Waals surface area contributed by atoms with Gasteiger partial charge in [0.15, 0.2) is 11.5 Å². The van der Waals surface area contributed by atoms with Gasteiger partial charge in [-0.2, -0.15) is 0 Å². The maximum absolute atomic E-state index is 10.3. The standard InChI is InChI=1S/C22H28N2O3S/c1-26-21-11-15-4-5-24-13-16-10-17(14-23-6-8-27-9-7-23)28-22(16)3-2-19(24)18(15)12-20(21)25/h10-12,19,25H,2-9,13-14H2,1H3/t19-/m0/s1. The lowest BCUT2D eigenvalue weighted by atomic mass is 9.90. The number of ether oxygens (including phenoxy) is 2. The van der Waals surface area contributed by atoms with Crippen LogP contribution < -0.4 is 4.74 Å². The Labute approximate surface area is 170 Å². The third-order valence-electron chi connectivity index (χ3n) is 6.36. The Hall–Kier alpha value is -1.60. The zero-order valence-corrected chi connectivity index (χ0v) is 17.3. The Morgan fingerprint density at radius 1 is 1.14 bits per heavy atom. The van der Waals surface area contributed by atoms with E-state index in [9.17, 15) is 5.11 Å². The summed E-state index contributed by atoms with van der Waals surface area (Å²) in [6, 6.07) is 6.80. The molecule has 0 unspecified atom stereocenters. The number of rotatable bonds is 3. The molecule has 0 spiro atoms. The topological polar surface area (TPSA) is 45.2 Å². The summed E-state index contributed by atoms with van der Waals surface area (Å²) in [6.45, 7) is 6.95. The van der Waals surface area contributed by atoms with E-state index >= 15 is 0 Å². The number of hydrogen-bond acceptors (Lipinski definition) is 6. The van der Waals surface area contributed by atoms with E-state index < -0.39 is 0 Å². The zero-order chi connectivity index (χ0) is 19.1. The Morgan fingerprint density at radius 3 is 2.82 bits per heavy atom. The van der Waals surface area contributed by atoms with Crippen molar-refractivity contribution in [2.24, 2.45) is 0 Å². The fourth-order valence-electron chi connectivity index (χ4n) is 4.88. The third-order valence-corrected chi connectivity index (χ3v) is 7.58. The van der Waals surface area contributed by atoms with Crippen molar-refractivity contribution in [2.45, 2.75) is 38.4 Å². The van der Waals surface area contributed by atoms with E-state index in [1.165, 1.54) is 21.6 Å². The van der Waals surface area contributed by atoms with Gasteiger partial charge in [0.2, 0.25) is 0 Å². The molecule has 1 saturated heterocycles. The second-order valence-corrected chi connectivity index (χ2v) is 9.27. The van der Waals surface area contributed by atoms with E-state index in [-0.39, 0.29) is 5.75 Å². The Kier molecular flexibility index (Phi) is 5.05. The van der Waals surface area contributed by atoms with E-state index in [2.05, 4.69) is 15.9 Å². The minimum atomic E-state index is 0.259. The van der Waals surface area contributed by atoms with Crippen LogP contribution in [0.3, 0.4) is 0 Å². The first-order chi connectivity index (χ1) is 13.7. The maximum atomic E-state index is 10.3. The quantitative estimate of drug-likeness (QED) is 0.856. The van der Waals surface area contributed by atoms with Gasteiger partial charge < -0.3 is 14.6 Å². The van der Waals surface area contributed by atoms with E-state index in [1.807, 2.05) is 23.5 Å². The fraction of sp³-hybridized carbons (Fsp3) is 0.545. The summed E-state index contributed by atoms with van der Waals surface area (Å²) in [6.07, 6.45) is 3.25. The Morgan fingerprint density at radius 2 is 2.00 bits per heavy atom. The highest BCUT2D eigenvalue weighted by molar-refractivity contribution is 7.12. The van der Waals surface area contributed by atoms with Crippen LogP contribution in [0.2, 0.25) is 0 Å². The lowest BCUT2D eigenvalue weighted by Crippen LogP contribution is -2.35. The van der Waals surface area contributed by atoms with Crippen molar-refractivity contribution < 1.29 is 14.6 Å². The van der Waals surface area contributed by atoms with Crippen molar-refractivity contribution in [2.75, 3.05) is 40.0 Å². The number of methoxy groups -OCH3 is 1. The molecule has 3 aliphatic rings. The van der Waals surface area contributed by atoms with Gasteiger partial charge in [-0.1, -0.05) is 0 Å². The normalized spacial score (nSPS) is 22.8. The molecule has 150 valence electrons. The molecular formula is C22H28N2O3S. The number of aromatic hydroxyl groups is 1. The van der Waals surface area contributed by atoms with E-state index in [1.54, 1.807) is 12.0 Å². The lowest BCUT2D eigenvalue weighted by Gasteiger charge is -2.36. The summed E-state index contributed by atoms with van der Waals surface area (Å²) in [7, 11) is 1.62. The number of phenols is 1. The van der Waals surface area contributed by atoms with Gasteiger partial charge in [-0.3, -0.25) is 9.80 Å². The SMILES string of the molecule is COc1cc2c(cc1O)[C@@H]1CCc3sc(CN4CCOCC4)cc3CN1CC2. The van der Waals surface area contributed by atoms with E-state index in [0.29, 0.717) is 11.8 Å². The number of nitrogens with zero attached hydrogens (tertiary/aromatic N) is 2. The van der Waals surface area contributed by atoms with Gasteiger partial charge in [-0.15, -0.1) is 11.3 Å². The predicted molar refractivity (Wildman–Crippen MR) is 110 cm³/mol. The monoisotopic (exact) mass is 400 g/mol. The molecule has 2 aromatic rings. The molecule has 6 heteroatoms. The largest absolute Gasteiger partial charge is 0.504 e. The first kappa shape index (κ1) is 18.4. The lowest BCUT2D eigenvalue weighted by molar-refractivity contribution is 0.0346. The van der Waals surface area contributed by atoms with Gasteiger partial charge in [-0.05, 0) is 54.2 Å². The molecule has 5 rings (SSSR count). The van der Waals surface area contributed by atoms with Crippen molar-refractivity contribution in [1.29, 1.82) is 0 Å². The van der Waals surface area contributed by atoms with Gasteiger partial charge in [0, 0.05) is 48.5 Å². The maximum Gasteiger partial charge on any atom is 0.160 e. The fourth-order valence-corrected chi connectivity index (χ4v) is 6.12. The van der Waals surface area contributed by atoms with Crippen LogP contribution in [0.1, 0.15) is 38.9 Å². The molecule has 0 saturated carbocycles. The molecule has 0 bridgehead atoms. The van der Waals surface area contributed by atoms with Crippen LogP contribution in [0.25, 0.3) is 0 Å². The highest BCUT2D eigenvalue weighted by Crippen LogP contribution is 2.42. The number of fused-ring (bicyclic) bond motifs is 4. The molecular weight excluding hydrogens is 372 g/mol. The van der Waals surface area contributed by atoms with Crippen molar-refractivity contribution in [3.63, 3.8) is 0 Å². The van der Waals surface area contributed by atoms with Crippen molar-refractivity contribution in [3.8, 4) is 11.5 Å². The minimum absolute atomic E-state index is 0.259. The molecule has 5 nitrogen and oxygen atoms in total. The average molecular weight is 401 g/mol. The van der Waals surface area contributed by atoms with Gasteiger partial charge in [0.25, 0.3) is 0 Å². The molecule has 0 radical (unpaired) electrons. The van der Waals surface area contributed by atoms with Crippen LogP contribution >= 0.6 is 11.3 Å². The molecule has 28 heavy (non-hydrogen) atoms. The number of phenolic OH excluding ortho intramolecular Hbond substituents is 1. The summed E-state index contributed by atoms with van der Waals surface area (Å²) in [4.78, 5) is 8.15. The third kappa shape index (κ3) is 3.43. The van der Waals surface area contributed by atoms with Crippen molar-refractivity contribution in [3.05, 3.63) is 44.6 Å². The summed E-state index contributed by atoms with van der Waals surface area (Å²) >= 11 is 2.00. The number of aryl methyl sites for hydroxylation is 1. The summed E-state index contributed by atoms with van der Waals surface area (Å²) in [5.41, 5.74) is 4.12. The van der Waals surface area contributed by atoms with Gasteiger partial charge in [0.05, 0.1) is 20.3 Å². The molecule has 1 fully saturated rings. The van der Waals surface area contributed by atoms with Crippen LogP contribution in [0.5, 0.6) is 11.5 Å². The molecule has 0 aliphatic carbocycles. The highest BCUT2D eigenvalue weighted by atomic mass is 32.1. The summed E-state index contributed by atoms with van der Waals surface area (Å²) < 4.78 is 10.8. The predicted octanol–water partition coefficient (Wildman–Crippen LogP) is 3.34. The number of hydrogen-bond donors (Lipinski definition) is 1. The minimum Gasteiger partial charge on any atom is -0.504 e. The molecule has 1 aromatic heterocycles. The van der Waals surface area contributed by atoms with Gasteiger partial charge >= 0.3 is 0 Å². The Bertz CT molecular complexity index is 860. The van der Waals surface area contributed by atoms with Crippen LogP contribution in [0.4, 0.5) is 0 Å². The van der Waals surface area contributed by atoms with Crippen LogP contribution in [-0.2, 0) is 30.7 Å².